The molecule has 12 heavy (non-hydrogen) atoms. The van der Waals surface area contributed by atoms with Gasteiger partial charge in [0.15, 0.2) is 11.0 Å². The van der Waals surface area contributed by atoms with Crippen molar-refractivity contribution in [3.05, 3.63) is 0 Å². The molecule has 1 saturated heterocycles. The largest absolute Gasteiger partial charge is 0.409 e. The fourth-order valence-corrected chi connectivity index (χ4v) is 2.63. The Morgan fingerprint density at radius 2 is 2.42 bits per heavy atom. The zero-order valence-corrected chi connectivity index (χ0v) is 7.93. The van der Waals surface area contributed by atoms with Crippen LogP contribution in [0.3, 0.4) is 0 Å². The van der Waals surface area contributed by atoms with E-state index in [0.29, 0.717) is 0 Å². The number of oxime groups is 1. The number of hydrogen-bond donors (Lipinski definition) is 1. The number of fused-ring (bicyclic) bond motifs is 1. The summed E-state index contributed by atoms with van der Waals surface area (Å²) in [5.74, 6) is 0.726. The minimum Gasteiger partial charge on any atom is -0.409 e. The van der Waals surface area contributed by atoms with E-state index in [2.05, 4.69) is 10.1 Å². The maximum Gasteiger partial charge on any atom is 0.166 e. The molecule has 4 nitrogen and oxygen atoms in total. The molecule has 1 N–H and O–H groups in total. The van der Waals surface area contributed by atoms with Gasteiger partial charge in [-0.25, -0.2) is 0 Å². The fraction of sp³-hybridized carbons (Fsp3) is 0.714. The predicted octanol–water partition coefficient (Wildman–Crippen LogP) is 0.971. The Labute approximate surface area is 75.3 Å². The number of hydrogen-bond acceptors (Lipinski definition) is 4. The molecule has 0 aromatic carbocycles. The molecule has 0 bridgehead atoms. The van der Waals surface area contributed by atoms with Crippen LogP contribution in [0.5, 0.6) is 0 Å². The van der Waals surface area contributed by atoms with Crippen LogP contribution in [0.4, 0.5) is 0 Å². The molecular weight excluding hydrogens is 174 g/mol. The molecule has 0 aromatic rings. The summed E-state index contributed by atoms with van der Waals surface area (Å²) >= 11 is 1.66. The van der Waals surface area contributed by atoms with E-state index in [1.54, 1.807) is 11.8 Å². The molecule has 0 unspecified atom stereocenters. The summed E-state index contributed by atoms with van der Waals surface area (Å²) in [5.41, 5.74) is 0. The van der Waals surface area contributed by atoms with E-state index in [1.807, 2.05) is 18.7 Å². The van der Waals surface area contributed by atoms with Gasteiger partial charge < -0.3 is 10.1 Å². The van der Waals surface area contributed by atoms with Crippen molar-refractivity contribution in [3.8, 4) is 0 Å². The van der Waals surface area contributed by atoms with Gasteiger partial charge in [-0.2, -0.15) is 0 Å². The molecule has 2 aliphatic heterocycles. The van der Waals surface area contributed by atoms with E-state index in [9.17, 15) is 0 Å². The standard InChI is InChI=1S/C7H11N3OS/c1-7(2)5(9-11)10-4-3-8-6(10)12-7/h11H,3-4H2,1-2H3/b9-5+. The summed E-state index contributed by atoms with van der Waals surface area (Å²) in [7, 11) is 0. The van der Waals surface area contributed by atoms with Crippen LogP contribution < -0.4 is 0 Å². The van der Waals surface area contributed by atoms with Gasteiger partial charge in [-0.3, -0.25) is 4.99 Å². The molecular formula is C7H11N3OS. The zero-order chi connectivity index (χ0) is 8.77. The van der Waals surface area contributed by atoms with Crippen LogP contribution in [0.2, 0.25) is 0 Å². The van der Waals surface area contributed by atoms with Crippen molar-refractivity contribution >= 4 is 22.8 Å². The molecule has 5 heteroatoms. The molecule has 0 atom stereocenters. The highest BCUT2D eigenvalue weighted by molar-refractivity contribution is 8.16. The number of aliphatic imine (C=N–C) groups is 1. The Balaban J connectivity index is 2.38. The quantitative estimate of drug-likeness (QED) is 0.452. The topological polar surface area (TPSA) is 48.2 Å². The number of thioether (sulfide) groups is 1. The molecule has 0 spiro atoms. The number of rotatable bonds is 0. The summed E-state index contributed by atoms with van der Waals surface area (Å²) in [6.07, 6.45) is 0. The summed E-state index contributed by atoms with van der Waals surface area (Å²) in [5, 5.41) is 13.1. The predicted molar refractivity (Wildman–Crippen MR) is 49.9 cm³/mol. The van der Waals surface area contributed by atoms with Crippen molar-refractivity contribution in [1.29, 1.82) is 0 Å². The highest BCUT2D eigenvalue weighted by atomic mass is 32.2. The lowest BCUT2D eigenvalue weighted by Gasteiger charge is -2.17. The molecule has 1 fully saturated rings. The van der Waals surface area contributed by atoms with E-state index >= 15 is 0 Å². The first-order valence-corrected chi connectivity index (χ1v) is 4.70. The first-order chi connectivity index (χ1) is 5.65. The van der Waals surface area contributed by atoms with Crippen LogP contribution in [0.1, 0.15) is 13.8 Å². The molecule has 2 aliphatic rings. The average molecular weight is 185 g/mol. The van der Waals surface area contributed by atoms with Gasteiger partial charge in [-0.1, -0.05) is 16.9 Å². The second-order valence-corrected chi connectivity index (χ2v) is 4.94. The van der Waals surface area contributed by atoms with E-state index in [4.69, 9.17) is 5.21 Å². The minimum absolute atomic E-state index is 0.131. The van der Waals surface area contributed by atoms with Crippen molar-refractivity contribution in [1.82, 2.24) is 4.90 Å². The Bertz CT molecular complexity index is 272. The first-order valence-electron chi connectivity index (χ1n) is 3.89. The number of amidine groups is 2. The molecule has 0 saturated carbocycles. The molecule has 2 rings (SSSR count). The molecule has 0 radical (unpaired) electrons. The molecule has 2 heterocycles. The fourth-order valence-electron chi connectivity index (χ4n) is 1.48. The van der Waals surface area contributed by atoms with Crippen LogP contribution in [0, 0.1) is 0 Å². The average Bonchev–Trinajstić information content (AvgIpc) is 2.43. The third kappa shape index (κ3) is 0.924. The highest BCUT2D eigenvalue weighted by Crippen LogP contribution is 2.38. The molecule has 66 valence electrons. The molecule has 0 aliphatic carbocycles. The van der Waals surface area contributed by atoms with Crippen LogP contribution in [0.15, 0.2) is 10.1 Å². The highest BCUT2D eigenvalue weighted by Gasteiger charge is 2.44. The summed E-state index contributed by atoms with van der Waals surface area (Å²) in [6, 6.07) is 0. The van der Waals surface area contributed by atoms with Crippen LogP contribution in [-0.2, 0) is 0 Å². The van der Waals surface area contributed by atoms with Gasteiger partial charge >= 0.3 is 0 Å². The minimum atomic E-state index is -0.131. The maximum absolute atomic E-state index is 8.83. The molecule has 0 aromatic heterocycles. The number of nitrogens with zero attached hydrogens (tertiary/aromatic N) is 3. The summed E-state index contributed by atoms with van der Waals surface area (Å²) < 4.78 is -0.131. The third-order valence-electron chi connectivity index (χ3n) is 2.04. The van der Waals surface area contributed by atoms with Crippen molar-refractivity contribution in [2.45, 2.75) is 18.6 Å². The first kappa shape index (κ1) is 7.91. The normalized spacial score (nSPS) is 29.3. The maximum atomic E-state index is 8.83. The van der Waals surface area contributed by atoms with Crippen LogP contribution >= 0.6 is 11.8 Å². The van der Waals surface area contributed by atoms with Gasteiger partial charge in [-0.15, -0.1) is 0 Å². The van der Waals surface area contributed by atoms with Gasteiger partial charge in [0.1, 0.15) is 0 Å². The second kappa shape index (κ2) is 2.39. The van der Waals surface area contributed by atoms with E-state index in [0.717, 1.165) is 24.1 Å². The summed E-state index contributed by atoms with van der Waals surface area (Å²) in [6.45, 7) is 5.74. The Kier molecular flexibility index (Phi) is 1.57. The van der Waals surface area contributed by atoms with Crippen LogP contribution in [0.25, 0.3) is 0 Å². The zero-order valence-electron chi connectivity index (χ0n) is 7.11. The van der Waals surface area contributed by atoms with Gasteiger partial charge in [0.25, 0.3) is 0 Å². The van der Waals surface area contributed by atoms with Crippen molar-refractivity contribution in [2.75, 3.05) is 13.1 Å². The lowest BCUT2D eigenvalue weighted by molar-refractivity contribution is 0.309. The lowest BCUT2D eigenvalue weighted by Crippen LogP contribution is -2.35. The van der Waals surface area contributed by atoms with Crippen molar-refractivity contribution in [2.24, 2.45) is 10.1 Å². The van der Waals surface area contributed by atoms with Crippen molar-refractivity contribution < 1.29 is 5.21 Å². The van der Waals surface area contributed by atoms with E-state index < -0.39 is 0 Å². The SMILES string of the molecule is CC1(C)SC2=NCCN2/C1=N/O. The van der Waals surface area contributed by atoms with Crippen LogP contribution in [-0.4, -0.2) is 38.9 Å². The van der Waals surface area contributed by atoms with Crippen molar-refractivity contribution in [3.63, 3.8) is 0 Å². The second-order valence-electron chi connectivity index (χ2n) is 3.35. The van der Waals surface area contributed by atoms with Gasteiger partial charge in [-0.05, 0) is 13.8 Å². The summed E-state index contributed by atoms with van der Waals surface area (Å²) in [4.78, 5) is 6.28. The third-order valence-corrected chi connectivity index (χ3v) is 3.26. The monoisotopic (exact) mass is 185 g/mol. The molecule has 0 amide bonds. The van der Waals surface area contributed by atoms with Gasteiger partial charge in [0.05, 0.1) is 11.3 Å². The van der Waals surface area contributed by atoms with Gasteiger partial charge in [0, 0.05) is 6.54 Å². The Morgan fingerprint density at radius 3 is 3.08 bits per heavy atom. The Hall–Kier alpha value is -0.710. The van der Waals surface area contributed by atoms with E-state index in [1.165, 1.54) is 0 Å². The smallest absolute Gasteiger partial charge is 0.166 e. The Morgan fingerprint density at radius 1 is 1.67 bits per heavy atom. The lowest BCUT2D eigenvalue weighted by atomic mass is 10.2. The van der Waals surface area contributed by atoms with Gasteiger partial charge in [0.2, 0.25) is 0 Å². The van der Waals surface area contributed by atoms with E-state index in [-0.39, 0.29) is 4.75 Å².